The summed E-state index contributed by atoms with van der Waals surface area (Å²) in [7, 11) is 0. The minimum atomic E-state index is -1.15. The third kappa shape index (κ3) is 4.09. The van der Waals surface area contributed by atoms with Crippen LogP contribution in [0, 0.1) is 17.2 Å². The molecule has 26 heavy (non-hydrogen) atoms. The van der Waals surface area contributed by atoms with Gasteiger partial charge in [0, 0.05) is 5.92 Å². The smallest absolute Gasteiger partial charge is 0.326 e. The molecule has 1 amide bonds. The van der Waals surface area contributed by atoms with Gasteiger partial charge in [-0.05, 0) is 31.4 Å². The van der Waals surface area contributed by atoms with Crippen molar-refractivity contribution in [1.29, 1.82) is 5.26 Å². The molecule has 5 nitrogen and oxygen atoms in total. The van der Waals surface area contributed by atoms with Crippen LogP contribution in [0.5, 0.6) is 0 Å². The van der Waals surface area contributed by atoms with Gasteiger partial charge < -0.3 is 10.4 Å². The highest BCUT2D eigenvalue weighted by atomic mass is 16.4. The average Bonchev–Trinajstić information content (AvgIpc) is 2.67. The van der Waals surface area contributed by atoms with E-state index in [-0.39, 0.29) is 6.42 Å². The van der Waals surface area contributed by atoms with E-state index in [0.29, 0.717) is 0 Å². The van der Waals surface area contributed by atoms with E-state index in [4.69, 9.17) is 5.26 Å². The van der Waals surface area contributed by atoms with E-state index >= 15 is 0 Å². The molecule has 0 fully saturated rings. The van der Waals surface area contributed by atoms with Gasteiger partial charge in [-0.15, -0.1) is 0 Å². The van der Waals surface area contributed by atoms with E-state index in [1.54, 1.807) is 13.8 Å². The number of nitrogens with one attached hydrogen (secondary N) is 1. The second-order valence-corrected chi connectivity index (χ2v) is 6.49. The molecule has 5 heteroatoms. The number of carbonyl (C=O) groups excluding carboxylic acids is 1. The van der Waals surface area contributed by atoms with Gasteiger partial charge in [0.1, 0.15) is 6.04 Å². The predicted octanol–water partition coefficient (Wildman–Crippen LogP) is 3.11. The van der Waals surface area contributed by atoms with Gasteiger partial charge in [0.15, 0.2) is 0 Å². The van der Waals surface area contributed by atoms with Gasteiger partial charge in [0.25, 0.3) is 0 Å². The lowest BCUT2D eigenvalue weighted by molar-refractivity contribution is -0.142. The van der Waals surface area contributed by atoms with Crippen LogP contribution in [-0.2, 0) is 15.0 Å². The summed E-state index contributed by atoms with van der Waals surface area (Å²) >= 11 is 0. The Kier molecular flexibility index (Phi) is 6.13. The maximum absolute atomic E-state index is 13.2. The topological polar surface area (TPSA) is 90.2 Å². The van der Waals surface area contributed by atoms with E-state index in [0.717, 1.165) is 11.1 Å². The first kappa shape index (κ1) is 19.2. The highest BCUT2D eigenvalue weighted by Gasteiger charge is 2.39. The Morgan fingerprint density at radius 1 is 1.08 bits per heavy atom. The summed E-state index contributed by atoms with van der Waals surface area (Å²) in [6, 6.07) is 19.4. The first-order valence-electron chi connectivity index (χ1n) is 8.44. The molecule has 0 heterocycles. The van der Waals surface area contributed by atoms with Gasteiger partial charge in [-0.1, -0.05) is 60.7 Å². The largest absolute Gasteiger partial charge is 0.480 e. The minimum Gasteiger partial charge on any atom is -0.480 e. The van der Waals surface area contributed by atoms with Gasteiger partial charge in [0.2, 0.25) is 5.91 Å². The summed E-state index contributed by atoms with van der Waals surface area (Å²) in [5, 5.41) is 21.0. The molecule has 0 aromatic heterocycles. The van der Waals surface area contributed by atoms with E-state index < -0.39 is 29.3 Å². The molecule has 134 valence electrons. The fourth-order valence-corrected chi connectivity index (χ4v) is 2.90. The van der Waals surface area contributed by atoms with Crippen LogP contribution in [0.4, 0.5) is 0 Å². The zero-order valence-corrected chi connectivity index (χ0v) is 14.8. The number of carboxylic acid groups (broad SMARTS) is 1. The third-order valence-corrected chi connectivity index (χ3v) is 4.57. The van der Waals surface area contributed by atoms with Crippen molar-refractivity contribution in [3.05, 3.63) is 71.8 Å². The van der Waals surface area contributed by atoms with Crippen molar-refractivity contribution in [2.75, 3.05) is 0 Å². The number of aliphatic carboxylic acids is 1. The van der Waals surface area contributed by atoms with Gasteiger partial charge in [-0.3, -0.25) is 4.79 Å². The highest BCUT2D eigenvalue weighted by Crippen LogP contribution is 2.32. The number of carboxylic acids is 1. The number of carbonyl (C=O) groups is 2. The molecule has 2 aromatic rings. The van der Waals surface area contributed by atoms with E-state index in [9.17, 15) is 14.7 Å². The van der Waals surface area contributed by atoms with Crippen molar-refractivity contribution < 1.29 is 14.7 Å². The number of nitriles is 1. The lowest BCUT2D eigenvalue weighted by Crippen LogP contribution is -2.50. The van der Waals surface area contributed by atoms with Crippen LogP contribution in [0.25, 0.3) is 0 Å². The summed E-state index contributed by atoms with van der Waals surface area (Å²) in [5.41, 5.74) is 0.480. The Morgan fingerprint density at radius 2 is 1.54 bits per heavy atom. The van der Waals surface area contributed by atoms with E-state index in [2.05, 4.69) is 5.32 Å². The van der Waals surface area contributed by atoms with Crippen molar-refractivity contribution in [2.24, 2.45) is 5.92 Å². The number of hydrogen-bond donors (Lipinski definition) is 2. The molecule has 0 spiro atoms. The number of rotatable bonds is 7. The predicted molar refractivity (Wildman–Crippen MR) is 98.3 cm³/mol. The Bertz CT molecular complexity index is 758. The van der Waals surface area contributed by atoms with Crippen LogP contribution in [0.15, 0.2) is 60.7 Å². The lowest BCUT2D eigenvalue weighted by atomic mass is 9.75. The third-order valence-electron chi connectivity index (χ3n) is 4.57. The van der Waals surface area contributed by atoms with Crippen LogP contribution >= 0.6 is 0 Å². The standard InChI is InChI=1S/C21H22N2O3/c1-15(14-22)13-18(19(24)25)23-20(26)21(2,16-9-5-3-6-10-16)17-11-7-4-8-12-17/h3-12,15,18H,13H2,1-2H3,(H,23,26)(H,24,25)/t15-,18-/m1/s1. The number of hydrogen-bond acceptors (Lipinski definition) is 3. The molecule has 0 radical (unpaired) electrons. The number of benzene rings is 2. The van der Waals surface area contributed by atoms with Crippen molar-refractivity contribution >= 4 is 11.9 Å². The SMILES string of the molecule is C[C@@H](C#N)C[C@@H](NC(=O)C(C)(c1ccccc1)c1ccccc1)C(=O)O. The second kappa shape index (κ2) is 8.30. The van der Waals surface area contributed by atoms with Crippen LogP contribution in [0.1, 0.15) is 31.4 Å². The molecule has 0 unspecified atom stereocenters. The summed E-state index contributed by atoms with van der Waals surface area (Å²) in [4.78, 5) is 24.8. The summed E-state index contributed by atoms with van der Waals surface area (Å²) in [6.07, 6.45) is 0.0528. The zero-order chi connectivity index (χ0) is 19.2. The number of amides is 1. The van der Waals surface area contributed by atoms with Gasteiger partial charge in [0.05, 0.1) is 11.5 Å². The zero-order valence-electron chi connectivity index (χ0n) is 14.8. The van der Waals surface area contributed by atoms with Crippen molar-refractivity contribution in [3.63, 3.8) is 0 Å². The second-order valence-electron chi connectivity index (χ2n) is 6.49. The maximum atomic E-state index is 13.2. The van der Waals surface area contributed by atoms with Crippen LogP contribution in [-0.4, -0.2) is 23.0 Å². The van der Waals surface area contributed by atoms with Crippen LogP contribution < -0.4 is 5.32 Å². The summed E-state index contributed by atoms with van der Waals surface area (Å²) < 4.78 is 0. The molecule has 0 saturated carbocycles. The fourth-order valence-electron chi connectivity index (χ4n) is 2.90. The Hall–Kier alpha value is -3.13. The minimum absolute atomic E-state index is 0.0528. The molecule has 0 aliphatic rings. The molecule has 2 rings (SSSR count). The molecule has 0 aliphatic heterocycles. The summed E-state index contributed by atoms with van der Waals surface area (Å²) in [6.45, 7) is 3.41. The highest BCUT2D eigenvalue weighted by molar-refractivity contribution is 5.94. The van der Waals surface area contributed by atoms with E-state index in [1.807, 2.05) is 66.7 Å². The van der Waals surface area contributed by atoms with Crippen LogP contribution in [0.2, 0.25) is 0 Å². The fraction of sp³-hybridized carbons (Fsp3) is 0.286. The lowest BCUT2D eigenvalue weighted by Gasteiger charge is -2.31. The quantitative estimate of drug-likeness (QED) is 0.803. The van der Waals surface area contributed by atoms with Crippen molar-refractivity contribution in [1.82, 2.24) is 5.32 Å². The van der Waals surface area contributed by atoms with Crippen molar-refractivity contribution in [3.8, 4) is 6.07 Å². The van der Waals surface area contributed by atoms with Gasteiger partial charge >= 0.3 is 5.97 Å². The van der Waals surface area contributed by atoms with Crippen LogP contribution in [0.3, 0.4) is 0 Å². The van der Waals surface area contributed by atoms with Crippen molar-refractivity contribution in [2.45, 2.75) is 31.7 Å². The maximum Gasteiger partial charge on any atom is 0.326 e. The van der Waals surface area contributed by atoms with E-state index in [1.165, 1.54) is 0 Å². The first-order chi connectivity index (χ1) is 12.4. The molecule has 2 N–H and O–H groups in total. The monoisotopic (exact) mass is 350 g/mol. The molecule has 0 bridgehead atoms. The normalized spacial score (nSPS) is 13.3. The Balaban J connectivity index is 2.41. The number of nitrogens with zero attached hydrogens (tertiary/aromatic N) is 1. The molecule has 2 aromatic carbocycles. The Morgan fingerprint density at radius 3 is 1.92 bits per heavy atom. The molecular weight excluding hydrogens is 328 g/mol. The van der Waals surface area contributed by atoms with Gasteiger partial charge in [-0.2, -0.15) is 5.26 Å². The van der Waals surface area contributed by atoms with Gasteiger partial charge in [-0.25, -0.2) is 4.79 Å². The average molecular weight is 350 g/mol. The molecule has 2 atom stereocenters. The molecular formula is C21H22N2O3. The summed E-state index contributed by atoms with van der Waals surface area (Å²) in [5.74, 6) is -2.03. The Labute approximate surface area is 153 Å². The first-order valence-corrected chi connectivity index (χ1v) is 8.44. The molecule has 0 aliphatic carbocycles. The molecule has 0 saturated heterocycles.